The quantitative estimate of drug-likeness (QED) is 0.873. The summed E-state index contributed by atoms with van der Waals surface area (Å²) in [5.74, 6) is 0.386. The molecule has 1 unspecified atom stereocenters. The second-order valence-corrected chi connectivity index (χ2v) is 5.03. The summed E-state index contributed by atoms with van der Waals surface area (Å²) in [5.41, 5.74) is 8.41. The predicted molar refractivity (Wildman–Crippen MR) is 68.9 cm³/mol. The first-order valence-electron chi connectivity index (χ1n) is 5.37. The Morgan fingerprint density at radius 1 is 1.47 bits per heavy atom. The fourth-order valence-corrected chi connectivity index (χ4v) is 2.45. The van der Waals surface area contributed by atoms with Crippen molar-refractivity contribution in [1.29, 1.82) is 0 Å². The summed E-state index contributed by atoms with van der Waals surface area (Å²) in [6.07, 6.45) is 1.53. The number of aryl methyl sites for hydroxylation is 2. The van der Waals surface area contributed by atoms with E-state index in [2.05, 4.69) is 9.97 Å². The Hall–Kier alpha value is -1.46. The van der Waals surface area contributed by atoms with Crippen LogP contribution in [-0.2, 0) is 6.42 Å². The minimum Gasteiger partial charge on any atom is -0.388 e. The van der Waals surface area contributed by atoms with Crippen molar-refractivity contribution >= 4 is 17.2 Å². The number of pyridine rings is 1. The lowest BCUT2D eigenvalue weighted by atomic mass is 10.1. The Bertz CT molecular complexity index is 524. The second kappa shape index (κ2) is 4.81. The number of aromatic nitrogens is 2. The van der Waals surface area contributed by atoms with Crippen molar-refractivity contribution in [3.63, 3.8) is 0 Å². The zero-order chi connectivity index (χ0) is 12.4. The molecule has 3 N–H and O–H groups in total. The fourth-order valence-electron chi connectivity index (χ4n) is 1.64. The predicted octanol–water partition coefficient (Wildman–Crippen LogP) is 2.01. The van der Waals surface area contributed by atoms with E-state index in [-0.39, 0.29) is 0 Å². The maximum absolute atomic E-state index is 10.1. The van der Waals surface area contributed by atoms with Gasteiger partial charge in [0.25, 0.3) is 0 Å². The van der Waals surface area contributed by atoms with Gasteiger partial charge >= 0.3 is 0 Å². The molecule has 0 bridgehead atoms. The van der Waals surface area contributed by atoms with E-state index in [9.17, 15) is 5.11 Å². The molecule has 0 amide bonds. The van der Waals surface area contributed by atoms with E-state index in [0.717, 1.165) is 16.3 Å². The molecule has 0 saturated carbocycles. The van der Waals surface area contributed by atoms with E-state index in [1.807, 2.05) is 25.3 Å². The molecule has 0 spiro atoms. The molecule has 90 valence electrons. The maximum atomic E-state index is 10.1. The number of nitrogens with two attached hydrogens (primary N) is 1. The van der Waals surface area contributed by atoms with E-state index in [1.165, 1.54) is 0 Å². The van der Waals surface area contributed by atoms with Gasteiger partial charge in [0.1, 0.15) is 5.82 Å². The lowest BCUT2D eigenvalue weighted by molar-refractivity contribution is 0.178. The van der Waals surface area contributed by atoms with Crippen molar-refractivity contribution in [2.24, 2.45) is 0 Å². The first-order chi connectivity index (χ1) is 8.06. The van der Waals surface area contributed by atoms with Crippen molar-refractivity contribution in [3.05, 3.63) is 39.5 Å². The van der Waals surface area contributed by atoms with Crippen LogP contribution in [0.15, 0.2) is 17.6 Å². The summed E-state index contributed by atoms with van der Waals surface area (Å²) in [4.78, 5) is 8.37. The minimum absolute atomic E-state index is 0.386. The number of aliphatic hydroxyl groups is 1. The SMILES string of the molecule is Cc1cnc(N)c(C(O)Cc2nc(C)cs2)c1. The summed E-state index contributed by atoms with van der Waals surface area (Å²) in [5, 5.41) is 13.0. The van der Waals surface area contributed by atoms with Crippen LogP contribution < -0.4 is 5.73 Å². The molecule has 17 heavy (non-hydrogen) atoms. The van der Waals surface area contributed by atoms with Gasteiger partial charge in [-0.1, -0.05) is 0 Å². The minimum atomic E-state index is -0.645. The molecule has 4 nitrogen and oxygen atoms in total. The number of hydrogen-bond donors (Lipinski definition) is 2. The lowest BCUT2D eigenvalue weighted by Gasteiger charge is -2.11. The topological polar surface area (TPSA) is 72.0 Å². The third kappa shape index (κ3) is 2.81. The Balaban J connectivity index is 2.19. The maximum Gasteiger partial charge on any atom is 0.129 e. The zero-order valence-electron chi connectivity index (χ0n) is 9.84. The van der Waals surface area contributed by atoms with Crippen molar-refractivity contribution in [3.8, 4) is 0 Å². The van der Waals surface area contributed by atoms with Crippen LogP contribution in [0.25, 0.3) is 0 Å². The number of anilines is 1. The van der Waals surface area contributed by atoms with Crippen LogP contribution >= 0.6 is 11.3 Å². The molecule has 2 rings (SSSR count). The molecule has 2 aromatic rings. The summed E-state index contributed by atoms with van der Waals surface area (Å²) >= 11 is 1.55. The first kappa shape index (κ1) is 12.0. The average Bonchev–Trinajstić information content (AvgIpc) is 2.67. The highest BCUT2D eigenvalue weighted by Gasteiger charge is 2.14. The van der Waals surface area contributed by atoms with E-state index in [4.69, 9.17) is 5.73 Å². The van der Waals surface area contributed by atoms with Crippen LogP contribution in [0, 0.1) is 13.8 Å². The van der Waals surface area contributed by atoms with E-state index >= 15 is 0 Å². The van der Waals surface area contributed by atoms with E-state index in [1.54, 1.807) is 17.5 Å². The van der Waals surface area contributed by atoms with Crippen LogP contribution in [-0.4, -0.2) is 15.1 Å². The molecule has 0 fully saturated rings. The molecular formula is C12H15N3OS. The molecule has 2 aromatic heterocycles. The number of nitrogens with zero attached hydrogens (tertiary/aromatic N) is 2. The van der Waals surface area contributed by atoms with Gasteiger partial charge < -0.3 is 10.8 Å². The molecule has 5 heteroatoms. The summed E-state index contributed by atoms with van der Waals surface area (Å²) in [6, 6.07) is 1.87. The van der Waals surface area contributed by atoms with Crippen LogP contribution in [0.3, 0.4) is 0 Å². The first-order valence-corrected chi connectivity index (χ1v) is 6.25. The van der Waals surface area contributed by atoms with Gasteiger partial charge in [-0.3, -0.25) is 0 Å². The summed E-state index contributed by atoms with van der Waals surface area (Å²) in [6.45, 7) is 3.87. The third-order valence-corrected chi connectivity index (χ3v) is 3.47. The number of rotatable bonds is 3. The summed E-state index contributed by atoms with van der Waals surface area (Å²) in [7, 11) is 0. The van der Waals surface area contributed by atoms with Crippen LogP contribution in [0.4, 0.5) is 5.82 Å². The largest absolute Gasteiger partial charge is 0.388 e. The highest BCUT2D eigenvalue weighted by molar-refractivity contribution is 7.09. The Kier molecular flexibility index (Phi) is 3.40. The van der Waals surface area contributed by atoms with Crippen molar-refractivity contribution < 1.29 is 5.11 Å². The van der Waals surface area contributed by atoms with Gasteiger partial charge in [0.05, 0.1) is 11.1 Å². The third-order valence-electron chi connectivity index (χ3n) is 2.48. The average molecular weight is 249 g/mol. The standard InChI is InChI=1S/C12H15N3OS/c1-7-3-9(12(13)14-5-7)10(16)4-11-15-8(2)6-17-11/h3,5-6,10,16H,4H2,1-2H3,(H2,13,14). The van der Waals surface area contributed by atoms with Gasteiger partial charge in [0.2, 0.25) is 0 Å². The molecule has 1 atom stereocenters. The Morgan fingerprint density at radius 3 is 2.88 bits per heavy atom. The zero-order valence-corrected chi connectivity index (χ0v) is 10.7. The normalized spacial score (nSPS) is 12.6. The van der Waals surface area contributed by atoms with Crippen molar-refractivity contribution in [1.82, 2.24) is 9.97 Å². The molecule has 0 aromatic carbocycles. The number of hydrogen-bond acceptors (Lipinski definition) is 5. The second-order valence-electron chi connectivity index (χ2n) is 4.09. The van der Waals surface area contributed by atoms with Gasteiger partial charge in [0, 0.05) is 29.3 Å². The van der Waals surface area contributed by atoms with Gasteiger partial charge in [-0.2, -0.15) is 0 Å². The van der Waals surface area contributed by atoms with Crippen molar-refractivity contribution in [2.75, 3.05) is 5.73 Å². The van der Waals surface area contributed by atoms with Crippen LogP contribution in [0.1, 0.15) is 27.9 Å². The van der Waals surface area contributed by atoms with Gasteiger partial charge in [-0.25, -0.2) is 9.97 Å². The smallest absolute Gasteiger partial charge is 0.129 e. The van der Waals surface area contributed by atoms with Crippen LogP contribution in [0.5, 0.6) is 0 Å². The van der Waals surface area contributed by atoms with Gasteiger partial charge in [0.15, 0.2) is 0 Å². The van der Waals surface area contributed by atoms with Gasteiger partial charge in [-0.05, 0) is 25.5 Å². The summed E-state index contributed by atoms with van der Waals surface area (Å²) < 4.78 is 0. The number of aliphatic hydroxyl groups excluding tert-OH is 1. The molecule has 0 radical (unpaired) electrons. The fraction of sp³-hybridized carbons (Fsp3) is 0.333. The molecular weight excluding hydrogens is 234 g/mol. The van der Waals surface area contributed by atoms with Crippen molar-refractivity contribution in [2.45, 2.75) is 26.4 Å². The molecule has 0 saturated heterocycles. The van der Waals surface area contributed by atoms with E-state index in [0.29, 0.717) is 17.8 Å². The van der Waals surface area contributed by atoms with Crippen LogP contribution in [0.2, 0.25) is 0 Å². The molecule has 0 aliphatic heterocycles. The Labute approximate surface area is 104 Å². The Morgan fingerprint density at radius 2 is 2.24 bits per heavy atom. The van der Waals surface area contributed by atoms with Gasteiger partial charge in [-0.15, -0.1) is 11.3 Å². The molecule has 2 heterocycles. The highest BCUT2D eigenvalue weighted by atomic mass is 32.1. The van der Waals surface area contributed by atoms with E-state index < -0.39 is 6.10 Å². The number of nitrogen functional groups attached to an aromatic ring is 1. The number of thiazole rings is 1. The highest BCUT2D eigenvalue weighted by Crippen LogP contribution is 2.24. The molecule has 0 aliphatic rings. The molecule has 0 aliphatic carbocycles. The lowest BCUT2D eigenvalue weighted by Crippen LogP contribution is -2.07. The monoisotopic (exact) mass is 249 g/mol.